The number of hydrogen-bond donors (Lipinski definition) is 2. The highest BCUT2D eigenvalue weighted by molar-refractivity contribution is 7.09. The van der Waals surface area contributed by atoms with Crippen molar-refractivity contribution in [3.05, 3.63) is 51.1 Å². The maximum Gasteiger partial charge on any atom is 0.338 e. The van der Waals surface area contributed by atoms with Gasteiger partial charge in [0.1, 0.15) is 5.76 Å². The molecule has 3 rings (SSSR count). The molecular formula is C16H14ClN5O3S. The molecule has 26 heavy (non-hydrogen) atoms. The first kappa shape index (κ1) is 17.9. The summed E-state index contributed by atoms with van der Waals surface area (Å²) in [6.45, 7) is 3.53. The van der Waals surface area contributed by atoms with Crippen molar-refractivity contribution in [3.63, 3.8) is 0 Å². The number of hydrazine groups is 1. The number of urea groups is 1. The second-order valence-electron chi connectivity index (χ2n) is 5.31. The van der Waals surface area contributed by atoms with Gasteiger partial charge in [0.05, 0.1) is 22.0 Å². The van der Waals surface area contributed by atoms with Crippen molar-refractivity contribution < 1.29 is 14.1 Å². The molecule has 8 nitrogen and oxygen atoms in total. The lowest BCUT2D eigenvalue weighted by atomic mass is 10.1. The Balaban J connectivity index is 1.93. The van der Waals surface area contributed by atoms with Gasteiger partial charge in [-0.2, -0.15) is 0 Å². The standard InChI is InChI=1S/C16H14ClN5O3S/c1-8-13(12-7-26-9(2)19-12)14(21-25-8)15(23)20-22(16(18)24)11-5-3-4-10(17)6-11/h3-7H,1-2H3,(H2,18,24)(H,20,23). The van der Waals surface area contributed by atoms with E-state index in [1.807, 2.05) is 6.92 Å². The van der Waals surface area contributed by atoms with Crippen LogP contribution in [-0.2, 0) is 0 Å². The largest absolute Gasteiger partial charge is 0.360 e. The number of hydrogen-bond acceptors (Lipinski definition) is 6. The fourth-order valence-corrected chi connectivity index (χ4v) is 3.11. The van der Waals surface area contributed by atoms with Crippen LogP contribution in [0.3, 0.4) is 0 Å². The Morgan fingerprint density at radius 3 is 2.73 bits per heavy atom. The number of nitrogens with two attached hydrogens (primary N) is 1. The molecule has 134 valence electrons. The summed E-state index contributed by atoms with van der Waals surface area (Å²) in [6, 6.07) is 5.45. The van der Waals surface area contributed by atoms with Gasteiger partial charge in [-0.1, -0.05) is 22.8 Å². The molecule has 0 unspecified atom stereocenters. The summed E-state index contributed by atoms with van der Waals surface area (Å²) in [5, 5.41) is 7.71. The molecule has 10 heteroatoms. The highest BCUT2D eigenvalue weighted by atomic mass is 35.5. The molecule has 0 spiro atoms. The number of halogens is 1. The summed E-state index contributed by atoms with van der Waals surface area (Å²) in [5.41, 5.74) is 9.14. The molecule has 0 atom stereocenters. The summed E-state index contributed by atoms with van der Waals surface area (Å²) in [5.74, 6) is -0.227. The molecule has 3 aromatic rings. The van der Waals surface area contributed by atoms with Crippen LogP contribution in [0.1, 0.15) is 21.3 Å². The van der Waals surface area contributed by atoms with Gasteiger partial charge in [-0.25, -0.2) is 14.8 Å². The number of carbonyl (C=O) groups excluding carboxylic acids is 2. The summed E-state index contributed by atoms with van der Waals surface area (Å²) in [6.07, 6.45) is 0. The van der Waals surface area contributed by atoms with Gasteiger partial charge in [0, 0.05) is 10.4 Å². The van der Waals surface area contributed by atoms with Gasteiger partial charge in [0.15, 0.2) is 5.69 Å². The Kier molecular flexibility index (Phi) is 4.92. The predicted octanol–water partition coefficient (Wildman–Crippen LogP) is 3.30. The predicted molar refractivity (Wildman–Crippen MR) is 98.1 cm³/mol. The fourth-order valence-electron chi connectivity index (χ4n) is 2.32. The van der Waals surface area contributed by atoms with E-state index in [1.165, 1.54) is 17.4 Å². The number of amides is 3. The van der Waals surface area contributed by atoms with Crippen LogP contribution in [0.5, 0.6) is 0 Å². The van der Waals surface area contributed by atoms with E-state index in [2.05, 4.69) is 15.6 Å². The number of primary amides is 1. The Hall–Kier alpha value is -2.91. The van der Waals surface area contributed by atoms with Gasteiger partial charge < -0.3 is 10.3 Å². The van der Waals surface area contributed by atoms with Crippen LogP contribution in [0.25, 0.3) is 11.3 Å². The zero-order valence-electron chi connectivity index (χ0n) is 13.8. The lowest BCUT2D eigenvalue weighted by Gasteiger charge is -2.20. The minimum Gasteiger partial charge on any atom is -0.360 e. The van der Waals surface area contributed by atoms with E-state index in [9.17, 15) is 9.59 Å². The van der Waals surface area contributed by atoms with Crippen LogP contribution in [0.2, 0.25) is 5.02 Å². The van der Waals surface area contributed by atoms with E-state index in [-0.39, 0.29) is 5.69 Å². The summed E-state index contributed by atoms with van der Waals surface area (Å²) >= 11 is 7.37. The third-order valence-corrected chi connectivity index (χ3v) is 4.46. The molecule has 0 bridgehead atoms. The van der Waals surface area contributed by atoms with E-state index < -0.39 is 11.9 Å². The summed E-state index contributed by atoms with van der Waals surface area (Å²) in [4.78, 5) is 28.8. The van der Waals surface area contributed by atoms with Crippen LogP contribution >= 0.6 is 22.9 Å². The molecule has 2 heterocycles. The van der Waals surface area contributed by atoms with Gasteiger partial charge >= 0.3 is 6.03 Å². The van der Waals surface area contributed by atoms with Crippen LogP contribution in [-0.4, -0.2) is 22.1 Å². The lowest BCUT2D eigenvalue weighted by Crippen LogP contribution is -2.49. The van der Waals surface area contributed by atoms with Crippen molar-refractivity contribution >= 4 is 40.6 Å². The first-order valence-corrected chi connectivity index (χ1v) is 8.67. The first-order chi connectivity index (χ1) is 12.4. The third kappa shape index (κ3) is 3.53. The molecule has 0 aliphatic rings. The molecule has 3 N–H and O–H groups in total. The molecule has 1 aromatic carbocycles. The zero-order valence-corrected chi connectivity index (χ0v) is 15.4. The Morgan fingerprint density at radius 2 is 2.12 bits per heavy atom. The second kappa shape index (κ2) is 7.14. The molecule has 0 fully saturated rings. The number of carbonyl (C=O) groups is 2. The molecule has 2 aromatic heterocycles. The molecule has 0 aliphatic heterocycles. The van der Waals surface area contributed by atoms with E-state index in [0.717, 1.165) is 10.0 Å². The minimum absolute atomic E-state index is 0.000998. The molecule has 3 amide bonds. The number of anilines is 1. The number of thiazole rings is 1. The number of rotatable bonds is 3. The molecule has 0 saturated carbocycles. The molecule has 0 radical (unpaired) electrons. The van der Waals surface area contributed by atoms with Crippen molar-refractivity contribution in [1.82, 2.24) is 15.6 Å². The Bertz CT molecular complexity index is 984. The average Bonchev–Trinajstić information content (AvgIpc) is 3.17. The van der Waals surface area contributed by atoms with Crippen LogP contribution in [0, 0.1) is 13.8 Å². The highest BCUT2D eigenvalue weighted by Crippen LogP contribution is 2.28. The van der Waals surface area contributed by atoms with Crippen molar-refractivity contribution in [2.75, 3.05) is 5.01 Å². The van der Waals surface area contributed by atoms with Gasteiger partial charge in [0.25, 0.3) is 5.91 Å². The van der Waals surface area contributed by atoms with Crippen molar-refractivity contribution in [1.29, 1.82) is 0 Å². The van der Waals surface area contributed by atoms with Gasteiger partial charge in [0.2, 0.25) is 0 Å². The van der Waals surface area contributed by atoms with E-state index >= 15 is 0 Å². The van der Waals surface area contributed by atoms with Gasteiger partial charge in [-0.15, -0.1) is 11.3 Å². The molecule has 0 aliphatic carbocycles. The fraction of sp³-hybridized carbons (Fsp3) is 0.125. The maximum atomic E-state index is 12.7. The summed E-state index contributed by atoms with van der Waals surface area (Å²) in [7, 11) is 0. The number of benzene rings is 1. The van der Waals surface area contributed by atoms with E-state index in [4.69, 9.17) is 21.9 Å². The quantitative estimate of drug-likeness (QED) is 0.665. The zero-order chi connectivity index (χ0) is 18.8. The first-order valence-electron chi connectivity index (χ1n) is 7.41. The van der Waals surface area contributed by atoms with Crippen molar-refractivity contribution in [2.45, 2.75) is 13.8 Å². The molecule has 0 saturated heterocycles. The average molecular weight is 392 g/mol. The number of nitrogens with one attached hydrogen (secondary N) is 1. The van der Waals surface area contributed by atoms with Gasteiger partial charge in [-0.3, -0.25) is 10.2 Å². The Labute approximate surface area is 157 Å². The van der Waals surface area contributed by atoms with E-state index in [1.54, 1.807) is 30.5 Å². The summed E-state index contributed by atoms with van der Waals surface area (Å²) < 4.78 is 5.15. The van der Waals surface area contributed by atoms with Gasteiger partial charge in [-0.05, 0) is 32.0 Å². The van der Waals surface area contributed by atoms with Crippen LogP contribution in [0.15, 0.2) is 34.2 Å². The third-order valence-electron chi connectivity index (χ3n) is 3.45. The van der Waals surface area contributed by atoms with Crippen LogP contribution < -0.4 is 16.2 Å². The number of aromatic nitrogens is 2. The lowest BCUT2D eigenvalue weighted by molar-refractivity contribution is 0.0942. The number of aryl methyl sites for hydroxylation is 2. The highest BCUT2D eigenvalue weighted by Gasteiger charge is 2.26. The maximum absolute atomic E-state index is 12.7. The van der Waals surface area contributed by atoms with Crippen molar-refractivity contribution in [2.24, 2.45) is 5.73 Å². The second-order valence-corrected chi connectivity index (χ2v) is 6.81. The van der Waals surface area contributed by atoms with E-state index in [0.29, 0.717) is 27.7 Å². The minimum atomic E-state index is -0.883. The van der Waals surface area contributed by atoms with Crippen molar-refractivity contribution in [3.8, 4) is 11.3 Å². The normalized spacial score (nSPS) is 10.6. The topological polar surface area (TPSA) is 114 Å². The van der Waals surface area contributed by atoms with Crippen LogP contribution in [0.4, 0.5) is 10.5 Å². The SMILES string of the molecule is Cc1nc(-c2c(C(=O)NN(C(N)=O)c3cccc(Cl)c3)noc2C)cs1. The monoisotopic (exact) mass is 391 g/mol. The number of nitrogens with zero attached hydrogens (tertiary/aromatic N) is 3. The smallest absolute Gasteiger partial charge is 0.338 e. The Morgan fingerprint density at radius 1 is 1.35 bits per heavy atom. The molecular weight excluding hydrogens is 378 g/mol.